The van der Waals surface area contributed by atoms with Gasteiger partial charge in [-0.3, -0.25) is 4.68 Å². The first-order valence-electron chi connectivity index (χ1n) is 12.0. The Morgan fingerprint density at radius 2 is 1.86 bits per heavy atom. The number of carbonyl (C=O) groups is 1. The molecule has 2 aromatic heterocycles. The number of rotatable bonds is 8. The van der Waals surface area contributed by atoms with Crippen molar-refractivity contribution in [1.82, 2.24) is 30.4 Å². The van der Waals surface area contributed by atoms with Crippen molar-refractivity contribution in [1.29, 1.82) is 0 Å². The van der Waals surface area contributed by atoms with Gasteiger partial charge in [-0.2, -0.15) is 10.3 Å². The molecule has 35 heavy (non-hydrogen) atoms. The lowest BCUT2D eigenvalue weighted by Crippen LogP contribution is -2.24. The number of aromatic nitrogens is 6. The molecule has 0 saturated heterocycles. The minimum Gasteiger partial charge on any atom is -0.478 e. The molecular formula is C27H28N6O2. The number of H-pyrrole nitrogens is 1. The van der Waals surface area contributed by atoms with E-state index in [4.69, 9.17) is 0 Å². The third kappa shape index (κ3) is 4.27. The molecule has 0 spiro atoms. The summed E-state index contributed by atoms with van der Waals surface area (Å²) in [5.41, 5.74) is 6.59. The molecule has 0 radical (unpaired) electrons. The number of nitrogens with zero attached hydrogens (tertiary/aromatic N) is 5. The molecule has 4 aromatic rings. The van der Waals surface area contributed by atoms with E-state index in [-0.39, 0.29) is 12.0 Å². The van der Waals surface area contributed by atoms with E-state index in [0.29, 0.717) is 11.4 Å². The van der Waals surface area contributed by atoms with Crippen LogP contribution in [0.2, 0.25) is 0 Å². The number of aromatic carboxylic acids is 1. The van der Waals surface area contributed by atoms with Crippen molar-refractivity contribution in [2.24, 2.45) is 0 Å². The molecule has 0 fully saturated rings. The Bertz CT molecular complexity index is 1350. The summed E-state index contributed by atoms with van der Waals surface area (Å²) in [5.74, 6) is -0.373. The number of allylic oxidation sites excluding steroid dienone is 2. The number of benzene rings is 2. The van der Waals surface area contributed by atoms with Gasteiger partial charge in [0.05, 0.1) is 17.9 Å². The standard InChI is InChI=1S/C27H28N6O2/c1-3-7-19-15-20(4-2)33-25(24(16-28-33)27(34)35)23(19)14-17-10-12-18(13-11-17)21-8-5-6-9-22(21)26-29-31-32-30-26/h5-6,8-13,15-16,20,23H,3-4,7,14H2,1-2H3,(H,34,35)(H,29,30,31,32). The molecule has 8 nitrogen and oxygen atoms in total. The predicted octanol–water partition coefficient (Wildman–Crippen LogP) is 5.45. The molecule has 0 amide bonds. The van der Waals surface area contributed by atoms with Gasteiger partial charge in [-0.15, -0.1) is 10.2 Å². The lowest BCUT2D eigenvalue weighted by molar-refractivity contribution is 0.0695. The Morgan fingerprint density at radius 1 is 1.09 bits per heavy atom. The zero-order chi connectivity index (χ0) is 24.4. The molecule has 0 saturated carbocycles. The van der Waals surface area contributed by atoms with Gasteiger partial charge in [0.2, 0.25) is 5.82 Å². The van der Waals surface area contributed by atoms with Crippen LogP contribution in [0.25, 0.3) is 22.5 Å². The molecule has 178 valence electrons. The van der Waals surface area contributed by atoms with Crippen LogP contribution in [0.4, 0.5) is 0 Å². The number of nitrogens with one attached hydrogen (secondary N) is 1. The van der Waals surface area contributed by atoms with E-state index in [9.17, 15) is 9.90 Å². The van der Waals surface area contributed by atoms with E-state index < -0.39 is 5.97 Å². The van der Waals surface area contributed by atoms with Crippen LogP contribution in [0.5, 0.6) is 0 Å². The maximum Gasteiger partial charge on any atom is 0.339 e. The van der Waals surface area contributed by atoms with Gasteiger partial charge in [0.1, 0.15) is 5.56 Å². The van der Waals surface area contributed by atoms with Crippen molar-refractivity contribution >= 4 is 5.97 Å². The van der Waals surface area contributed by atoms with Crippen molar-refractivity contribution in [3.63, 3.8) is 0 Å². The van der Waals surface area contributed by atoms with Crippen molar-refractivity contribution in [2.75, 3.05) is 0 Å². The summed E-state index contributed by atoms with van der Waals surface area (Å²) in [4.78, 5) is 12.0. The van der Waals surface area contributed by atoms with Crippen molar-refractivity contribution < 1.29 is 9.90 Å². The second-order valence-corrected chi connectivity index (χ2v) is 8.90. The van der Waals surface area contributed by atoms with E-state index in [1.807, 2.05) is 28.9 Å². The molecule has 0 bridgehead atoms. The third-order valence-corrected chi connectivity index (χ3v) is 6.74. The quantitative estimate of drug-likeness (QED) is 0.333. The average Bonchev–Trinajstić information content (AvgIpc) is 3.57. The molecule has 2 unspecified atom stereocenters. The Hall–Kier alpha value is -4.07. The number of aromatic amines is 1. The van der Waals surface area contributed by atoms with Gasteiger partial charge in [0.25, 0.3) is 0 Å². The first-order valence-corrected chi connectivity index (χ1v) is 12.0. The second kappa shape index (κ2) is 9.66. The zero-order valence-electron chi connectivity index (χ0n) is 19.8. The number of carboxylic acids is 1. The van der Waals surface area contributed by atoms with Crippen LogP contribution in [-0.4, -0.2) is 41.5 Å². The fourth-order valence-corrected chi connectivity index (χ4v) is 5.08. The number of fused-ring (bicyclic) bond motifs is 1. The summed E-state index contributed by atoms with van der Waals surface area (Å²) in [6, 6.07) is 16.5. The molecule has 2 atom stereocenters. The number of carboxylic acid groups (broad SMARTS) is 1. The molecule has 0 aliphatic carbocycles. The smallest absolute Gasteiger partial charge is 0.339 e. The fourth-order valence-electron chi connectivity index (χ4n) is 5.08. The summed E-state index contributed by atoms with van der Waals surface area (Å²) in [7, 11) is 0. The summed E-state index contributed by atoms with van der Waals surface area (Å²) in [5, 5.41) is 28.8. The molecule has 2 N–H and O–H groups in total. The normalized spacial score (nSPS) is 17.1. The van der Waals surface area contributed by atoms with Crippen LogP contribution in [0.3, 0.4) is 0 Å². The summed E-state index contributed by atoms with van der Waals surface area (Å²) < 4.78 is 1.92. The highest BCUT2D eigenvalue weighted by Crippen LogP contribution is 2.41. The summed E-state index contributed by atoms with van der Waals surface area (Å²) in [6.45, 7) is 4.28. The van der Waals surface area contributed by atoms with E-state index in [1.165, 1.54) is 11.8 Å². The van der Waals surface area contributed by atoms with Crippen LogP contribution in [0.1, 0.15) is 66.7 Å². The minimum atomic E-state index is -0.919. The first-order chi connectivity index (χ1) is 17.1. The van der Waals surface area contributed by atoms with E-state index in [0.717, 1.165) is 53.6 Å². The molecular weight excluding hydrogens is 440 g/mol. The largest absolute Gasteiger partial charge is 0.478 e. The summed E-state index contributed by atoms with van der Waals surface area (Å²) >= 11 is 0. The molecule has 1 aliphatic heterocycles. The van der Waals surface area contributed by atoms with Gasteiger partial charge >= 0.3 is 5.97 Å². The Labute approximate surface area is 203 Å². The van der Waals surface area contributed by atoms with Gasteiger partial charge in [0, 0.05) is 11.5 Å². The highest BCUT2D eigenvalue weighted by atomic mass is 16.4. The van der Waals surface area contributed by atoms with E-state index >= 15 is 0 Å². The molecule has 3 heterocycles. The van der Waals surface area contributed by atoms with E-state index in [2.05, 4.69) is 69.9 Å². The van der Waals surface area contributed by atoms with Crippen LogP contribution in [0, 0.1) is 0 Å². The van der Waals surface area contributed by atoms with Crippen LogP contribution < -0.4 is 0 Å². The van der Waals surface area contributed by atoms with Crippen LogP contribution in [-0.2, 0) is 6.42 Å². The lowest BCUT2D eigenvalue weighted by Gasteiger charge is -2.31. The first kappa shape index (κ1) is 22.7. The van der Waals surface area contributed by atoms with Crippen molar-refractivity contribution in [2.45, 2.75) is 51.5 Å². The lowest BCUT2D eigenvalue weighted by atomic mass is 9.81. The van der Waals surface area contributed by atoms with Crippen LogP contribution >= 0.6 is 0 Å². The minimum absolute atomic E-state index is 0.0104. The van der Waals surface area contributed by atoms with Gasteiger partial charge < -0.3 is 5.11 Å². The topological polar surface area (TPSA) is 110 Å². The predicted molar refractivity (Wildman–Crippen MR) is 133 cm³/mol. The average molecular weight is 469 g/mol. The van der Waals surface area contributed by atoms with Crippen molar-refractivity contribution in [3.05, 3.63) is 83.2 Å². The van der Waals surface area contributed by atoms with Gasteiger partial charge in [0.15, 0.2) is 0 Å². The molecule has 5 rings (SSSR count). The highest BCUT2D eigenvalue weighted by molar-refractivity contribution is 5.89. The number of tetrazole rings is 1. The molecule has 1 aliphatic rings. The second-order valence-electron chi connectivity index (χ2n) is 8.90. The number of hydrogen-bond acceptors (Lipinski definition) is 5. The Morgan fingerprint density at radius 3 is 2.51 bits per heavy atom. The Kier molecular flexibility index (Phi) is 6.27. The Balaban J connectivity index is 1.49. The maximum absolute atomic E-state index is 12.0. The number of hydrogen-bond donors (Lipinski definition) is 2. The van der Waals surface area contributed by atoms with Gasteiger partial charge in [-0.25, -0.2) is 4.79 Å². The molecule has 2 aromatic carbocycles. The molecule has 8 heteroatoms. The third-order valence-electron chi connectivity index (χ3n) is 6.74. The highest BCUT2D eigenvalue weighted by Gasteiger charge is 2.33. The van der Waals surface area contributed by atoms with Gasteiger partial charge in [-0.05, 0) is 41.2 Å². The van der Waals surface area contributed by atoms with E-state index in [1.54, 1.807) is 0 Å². The van der Waals surface area contributed by atoms with Gasteiger partial charge in [-0.1, -0.05) is 80.4 Å². The maximum atomic E-state index is 12.0. The van der Waals surface area contributed by atoms with Crippen LogP contribution in [0.15, 0.2) is 66.4 Å². The van der Waals surface area contributed by atoms with Crippen molar-refractivity contribution in [3.8, 4) is 22.5 Å². The zero-order valence-corrected chi connectivity index (χ0v) is 19.8. The monoisotopic (exact) mass is 468 g/mol. The SMILES string of the molecule is CCCC1=CC(CC)n2ncc(C(=O)O)c2C1Cc1ccc(-c2ccccc2-c2nn[nH]n2)cc1. The fraction of sp³-hybridized carbons (Fsp3) is 0.296. The summed E-state index contributed by atoms with van der Waals surface area (Å²) in [6.07, 6.45) is 7.37.